The van der Waals surface area contributed by atoms with Crippen LogP contribution in [0.3, 0.4) is 0 Å². The van der Waals surface area contributed by atoms with E-state index < -0.39 is 17.3 Å². The maximum Gasteiger partial charge on any atom is 0.252 e. The van der Waals surface area contributed by atoms with Gasteiger partial charge in [0, 0.05) is 13.0 Å². The molecule has 0 aliphatic heterocycles. The number of amides is 1. The van der Waals surface area contributed by atoms with Crippen LogP contribution in [0.5, 0.6) is 0 Å². The van der Waals surface area contributed by atoms with E-state index in [4.69, 9.17) is 11.6 Å². The van der Waals surface area contributed by atoms with Gasteiger partial charge in [-0.05, 0) is 42.2 Å². The molecule has 0 unspecified atom stereocenters. The van der Waals surface area contributed by atoms with Crippen LogP contribution in [0.4, 0.5) is 4.39 Å². The zero-order chi connectivity index (χ0) is 16.4. The van der Waals surface area contributed by atoms with Crippen molar-refractivity contribution < 1.29 is 14.3 Å². The average molecular weight is 334 g/mol. The largest absolute Gasteiger partial charge is 0.388 e. The van der Waals surface area contributed by atoms with Crippen molar-refractivity contribution in [2.75, 3.05) is 6.54 Å². The van der Waals surface area contributed by atoms with Crippen LogP contribution in [-0.2, 0) is 12.8 Å². The molecule has 2 aromatic carbocycles. The minimum Gasteiger partial charge on any atom is -0.388 e. The Morgan fingerprint density at radius 3 is 2.74 bits per heavy atom. The van der Waals surface area contributed by atoms with E-state index in [1.54, 1.807) is 0 Å². The molecule has 1 aliphatic carbocycles. The Kier molecular flexibility index (Phi) is 4.37. The number of benzene rings is 2. The Morgan fingerprint density at radius 1 is 1.26 bits per heavy atom. The van der Waals surface area contributed by atoms with Gasteiger partial charge in [0.15, 0.2) is 0 Å². The quantitative estimate of drug-likeness (QED) is 0.906. The molecule has 0 radical (unpaired) electrons. The van der Waals surface area contributed by atoms with Gasteiger partial charge in [-0.15, -0.1) is 0 Å². The molecule has 1 atom stereocenters. The number of carbonyl (C=O) groups excluding carboxylic acids is 1. The summed E-state index contributed by atoms with van der Waals surface area (Å²) in [5, 5.41) is 13.5. The van der Waals surface area contributed by atoms with Crippen molar-refractivity contribution in [1.29, 1.82) is 0 Å². The molecule has 1 amide bonds. The van der Waals surface area contributed by atoms with Crippen molar-refractivity contribution >= 4 is 17.5 Å². The van der Waals surface area contributed by atoms with Crippen molar-refractivity contribution in [2.24, 2.45) is 0 Å². The van der Waals surface area contributed by atoms with Gasteiger partial charge in [-0.2, -0.15) is 0 Å². The molecule has 0 heterocycles. The lowest BCUT2D eigenvalue weighted by Crippen LogP contribution is -2.46. The van der Waals surface area contributed by atoms with Gasteiger partial charge in [-0.3, -0.25) is 4.79 Å². The van der Waals surface area contributed by atoms with E-state index in [0.29, 0.717) is 12.8 Å². The molecule has 3 rings (SSSR count). The van der Waals surface area contributed by atoms with E-state index in [1.165, 1.54) is 17.7 Å². The number of rotatable bonds is 3. The van der Waals surface area contributed by atoms with Gasteiger partial charge < -0.3 is 10.4 Å². The lowest BCUT2D eigenvalue weighted by atomic mass is 9.80. The van der Waals surface area contributed by atoms with Crippen molar-refractivity contribution in [3.63, 3.8) is 0 Å². The Morgan fingerprint density at radius 2 is 2.00 bits per heavy atom. The van der Waals surface area contributed by atoms with Crippen LogP contribution in [0.1, 0.15) is 27.9 Å². The Balaban J connectivity index is 1.67. The van der Waals surface area contributed by atoms with Crippen LogP contribution in [0.2, 0.25) is 5.02 Å². The van der Waals surface area contributed by atoms with Crippen LogP contribution >= 0.6 is 11.6 Å². The van der Waals surface area contributed by atoms with E-state index >= 15 is 0 Å². The first-order valence-electron chi connectivity index (χ1n) is 7.49. The van der Waals surface area contributed by atoms with Gasteiger partial charge in [-0.25, -0.2) is 4.39 Å². The van der Waals surface area contributed by atoms with Gasteiger partial charge in [0.05, 0.1) is 16.2 Å². The highest BCUT2D eigenvalue weighted by atomic mass is 35.5. The lowest BCUT2D eigenvalue weighted by molar-refractivity contribution is 0.0260. The summed E-state index contributed by atoms with van der Waals surface area (Å²) >= 11 is 5.88. The molecular weight excluding hydrogens is 317 g/mol. The fourth-order valence-electron chi connectivity index (χ4n) is 2.95. The SMILES string of the molecule is O=C(NC[C@]1(O)CCc2ccccc2C1)c1ccc(F)cc1Cl. The summed E-state index contributed by atoms with van der Waals surface area (Å²) in [6.07, 6.45) is 1.86. The molecule has 23 heavy (non-hydrogen) atoms. The van der Waals surface area contributed by atoms with Crippen molar-refractivity contribution in [1.82, 2.24) is 5.32 Å². The highest BCUT2D eigenvalue weighted by Gasteiger charge is 2.32. The molecule has 1 aliphatic rings. The van der Waals surface area contributed by atoms with Gasteiger partial charge in [0.1, 0.15) is 5.82 Å². The molecule has 0 bridgehead atoms. The molecule has 0 fully saturated rings. The third kappa shape index (κ3) is 3.54. The van der Waals surface area contributed by atoms with Crippen LogP contribution in [-0.4, -0.2) is 23.2 Å². The van der Waals surface area contributed by atoms with Crippen LogP contribution in [0, 0.1) is 5.82 Å². The van der Waals surface area contributed by atoms with Gasteiger partial charge in [0.25, 0.3) is 5.91 Å². The van der Waals surface area contributed by atoms with Crippen molar-refractivity contribution in [3.05, 3.63) is 70.0 Å². The third-order valence-electron chi connectivity index (χ3n) is 4.25. The first-order chi connectivity index (χ1) is 11.0. The normalized spacial score (nSPS) is 20.0. The second kappa shape index (κ2) is 6.30. The summed E-state index contributed by atoms with van der Waals surface area (Å²) in [6.45, 7) is 0.133. The van der Waals surface area contributed by atoms with E-state index in [9.17, 15) is 14.3 Å². The van der Waals surface area contributed by atoms with Crippen molar-refractivity contribution in [3.8, 4) is 0 Å². The predicted octanol–water partition coefficient (Wildman–Crippen LogP) is 3.13. The topological polar surface area (TPSA) is 49.3 Å². The van der Waals surface area contributed by atoms with E-state index in [0.717, 1.165) is 18.1 Å². The van der Waals surface area contributed by atoms with Crippen LogP contribution < -0.4 is 5.32 Å². The van der Waals surface area contributed by atoms with E-state index in [2.05, 4.69) is 11.4 Å². The zero-order valence-electron chi connectivity index (χ0n) is 12.5. The summed E-state index contributed by atoms with van der Waals surface area (Å²) in [6, 6.07) is 11.6. The second-order valence-electron chi connectivity index (χ2n) is 5.98. The summed E-state index contributed by atoms with van der Waals surface area (Å²) in [4.78, 5) is 12.2. The first kappa shape index (κ1) is 16.0. The zero-order valence-corrected chi connectivity index (χ0v) is 13.2. The Labute approximate surface area is 139 Å². The van der Waals surface area contributed by atoms with E-state index in [1.807, 2.05) is 18.2 Å². The molecule has 0 saturated heterocycles. The number of nitrogens with one attached hydrogen (secondary N) is 1. The fraction of sp³-hybridized carbons (Fsp3) is 0.278. The number of aryl methyl sites for hydroxylation is 1. The number of halogens is 2. The maximum absolute atomic E-state index is 13.0. The molecule has 5 heteroatoms. The monoisotopic (exact) mass is 333 g/mol. The van der Waals surface area contributed by atoms with E-state index in [-0.39, 0.29) is 17.1 Å². The van der Waals surface area contributed by atoms with Gasteiger partial charge in [-0.1, -0.05) is 35.9 Å². The third-order valence-corrected chi connectivity index (χ3v) is 4.56. The first-order valence-corrected chi connectivity index (χ1v) is 7.87. The molecule has 0 aromatic heterocycles. The summed E-state index contributed by atoms with van der Waals surface area (Å²) in [5.74, 6) is -0.906. The molecule has 2 N–H and O–H groups in total. The maximum atomic E-state index is 13.0. The smallest absolute Gasteiger partial charge is 0.252 e. The number of hydrogen-bond donors (Lipinski definition) is 2. The molecule has 0 saturated carbocycles. The number of hydrogen-bond acceptors (Lipinski definition) is 2. The lowest BCUT2D eigenvalue weighted by Gasteiger charge is -2.33. The molecule has 120 valence electrons. The number of fused-ring (bicyclic) bond motifs is 1. The highest BCUT2D eigenvalue weighted by molar-refractivity contribution is 6.33. The molecule has 3 nitrogen and oxygen atoms in total. The summed E-state index contributed by atoms with van der Waals surface area (Å²) in [5.41, 5.74) is 1.57. The highest BCUT2D eigenvalue weighted by Crippen LogP contribution is 2.28. The van der Waals surface area contributed by atoms with Crippen LogP contribution in [0.25, 0.3) is 0 Å². The number of carbonyl (C=O) groups is 1. The minimum atomic E-state index is -0.976. The predicted molar refractivity (Wildman–Crippen MR) is 87.2 cm³/mol. The van der Waals surface area contributed by atoms with Gasteiger partial charge >= 0.3 is 0 Å². The number of aliphatic hydroxyl groups is 1. The standard InChI is InChI=1S/C18H17ClFNO2/c19-16-9-14(20)5-6-15(16)17(22)21-11-18(23)8-7-12-3-1-2-4-13(12)10-18/h1-6,9,23H,7-8,10-11H2,(H,21,22)/t18-/m0/s1. The fourth-order valence-corrected chi connectivity index (χ4v) is 3.20. The molecule has 2 aromatic rings. The molecular formula is C18H17ClFNO2. The van der Waals surface area contributed by atoms with Gasteiger partial charge in [0.2, 0.25) is 0 Å². The Hall–Kier alpha value is -1.91. The summed E-state index contributed by atoms with van der Waals surface area (Å²) in [7, 11) is 0. The van der Waals surface area contributed by atoms with Crippen LogP contribution in [0.15, 0.2) is 42.5 Å². The average Bonchev–Trinajstić information content (AvgIpc) is 2.52. The second-order valence-corrected chi connectivity index (χ2v) is 6.38. The van der Waals surface area contributed by atoms with Crippen molar-refractivity contribution in [2.45, 2.75) is 24.9 Å². The minimum absolute atomic E-state index is 0.0588. The Bertz CT molecular complexity index is 750. The molecule has 0 spiro atoms. The summed E-state index contributed by atoms with van der Waals surface area (Å²) < 4.78 is 13.0.